The minimum Gasteiger partial charge on any atom is -0.371 e. The Labute approximate surface area is 181 Å². The lowest BCUT2D eigenvalue weighted by Gasteiger charge is -2.36. The zero-order valence-corrected chi connectivity index (χ0v) is 18.8. The third kappa shape index (κ3) is 6.14. The summed E-state index contributed by atoms with van der Waals surface area (Å²) < 4.78 is 15.7. The Morgan fingerprint density at radius 2 is 2.11 bits per heavy atom. The molecule has 156 valence electrons. The monoisotopic (exact) mass is 505 g/mol. The van der Waals surface area contributed by atoms with E-state index in [1.165, 1.54) is 0 Å². The lowest BCUT2D eigenvalue weighted by atomic mass is 10.3. The van der Waals surface area contributed by atoms with E-state index in [-0.39, 0.29) is 30.1 Å². The highest BCUT2D eigenvalue weighted by atomic mass is 127. The third-order valence-corrected chi connectivity index (χ3v) is 4.42. The quantitative estimate of drug-likeness (QED) is 0.342. The summed E-state index contributed by atoms with van der Waals surface area (Å²) in [5.41, 5.74) is 0.958. The Morgan fingerprint density at radius 1 is 1.32 bits per heavy atom. The van der Waals surface area contributed by atoms with Gasteiger partial charge in [0, 0.05) is 52.4 Å². The Balaban J connectivity index is 0.00000280. The lowest BCUT2D eigenvalue weighted by molar-refractivity contribution is 0.0683. The van der Waals surface area contributed by atoms with E-state index in [0.29, 0.717) is 24.9 Å². The molecule has 0 aromatic carbocycles. The van der Waals surface area contributed by atoms with Crippen LogP contribution in [0.3, 0.4) is 0 Å². The maximum atomic E-state index is 5.48. The molecule has 0 amide bonds. The molecule has 0 spiro atoms. The number of ether oxygens (including phenoxy) is 1. The van der Waals surface area contributed by atoms with Crippen molar-refractivity contribution in [3.8, 4) is 0 Å². The fourth-order valence-electron chi connectivity index (χ4n) is 2.98. The summed E-state index contributed by atoms with van der Waals surface area (Å²) in [7, 11) is 1.78. The molecule has 1 fully saturated rings. The van der Waals surface area contributed by atoms with Gasteiger partial charge >= 0.3 is 0 Å². The first-order valence-corrected chi connectivity index (χ1v) is 9.21. The van der Waals surface area contributed by atoms with Gasteiger partial charge in [-0.05, 0) is 13.8 Å². The van der Waals surface area contributed by atoms with Gasteiger partial charge in [0.15, 0.2) is 11.8 Å². The highest BCUT2D eigenvalue weighted by molar-refractivity contribution is 14.0. The molecule has 1 unspecified atom stereocenters. The van der Waals surface area contributed by atoms with Gasteiger partial charge in [-0.25, -0.2) is 0 Å². The zero-order chi connectivity index (χ0) is 19.1. The van der Waals surface area contributed by atoms with Gasteiger partial charge < -0.3 is 24.0 Å². The van der Waals surface area contributed by atoms with Crippen LogP contribution < -0.4 is 5.32 Å². The zero-order valence-electron chi connectivity index (χ0n) is 16.5. The number of piperazine rings is 1. The molecule has 0 radical (unpaired) electrons. The average Bonchev–Trinajstić information content (AvgIpc) is 3.36. The third-order valence-electron chi connectivity index (χ3n) is 4.42. The minimum absolute atomic E-state index is 0. The van der Waals surface area contributed by atoms with E-state index in [1.54, 1.807) is 13.3 Å². The largest absolute Gasteiger partial charge is 0.371 e. The molecule has 1 aliphatic heterocycles. The topological polar surface area (TPSA) is 105 Å². The number of hydrogen-bond donors (Lipinski definition) is 1. The van der Waals surface area contributed by atoms with E-state index >= 15 is 0 Å². The summed E-state index contributed by atoms with van der Waals surface area (Å²) in [4.78, 5) is 13.3. The van der Waals surface area contributed by atoms with E-state index in [9.17, 15) is 0 Å². The van der Waals surface area contributed by atoms with Gasteiger partial charge in [0.2, 0.25) is 5.89 Å². The van der Waals surface area contributed by atoms with Crippen LogP contribution in [-0.2, 0) is 17.8 Å². The van der Waals surface area contributed by atoms with Crippen LogP contribution in [0.5, 0.6) is 0 Å². The van der Waals surface area contributed by atoms with Crippen LogP contribution >= 0.6 is 24.0 Å². The molecular weight excluding hydrogens is 477 g/mol. The molecular formula is C17H28IN7O3. The second-order valence-electron chi connectivity index (χ2n) is 6.30. The number of aromatic nitrogens is 3. The number of halogens is 1. The van der Waals surface area contributed by atoms with Crippen molar-refractivity contribution in [2.24, 2.45) is 4.99 Å². The first kappa shape index (κ1) is 22.6. The Morgan fingerprint density at radius 3 is 2.75 bits per heavy atom. The summed E-state index contributed by atoms with van der Waals surface area (Å²) >= 11 is 0. The minimum atomic E-state index is -0.176. The van der Waals surface area contributed by atoms with E-state index in [2.05, 4.69) is 35.4 Å². The highest BCUT2D eigenvalue weighted by Gasteiger charge is 2.21. The summed E-state index contributed by atoms with van der Waals surface area (Å²) in [5, 5.41) is 11.2. The van der Waals surface area contributed by atoms with Gasteiger partial charge in [0.1, 0.15) is 12.4 Å². The van der Waals surface area contributed by atoms with Gasteiger partial charge in [0.05, 0.1) is 12.2 Å². The van der Waals surface area contributed by atoms with Crippen LogP contribution in [0.2, 0.25) is 0 Å². The molecule has 1 N–H and O–H groups in total. The molecule has 3 heterocycles. The fourth-order valence-corrected chi connectivity index (χ4v) is 2.98. The fraction of sp³-hybridized carbons (Fsp3) is 0.647. The van der Waals surface area contributed by atoms with Crippen LogP contribution in [0.1, 0.15) is 37.4 Å². The van der Waals surface area contributed by atoms with Gasteiger partial charge in [-0.15, -0.1) is 24.0 Å². The molecule has 3 rings (SSSR count). The molecule has 2 aromatic heterocycles. The van der Waals surface area contributed by atoms with Crippen LogP contribution in [0.15, 0.2) is 26.4 Å². The van der Waals surface area contributed by atoms with Crippen molar-refractivity contribution < 1.29 is 13.8 Å². The maximum Gasteiger partial charge on any atom is 0.246 e. The number of guanidine groups is 1. The van der Waals surface area contributed by atoms with Crippen molar-refractivity contribution in [3.63, 3.8) is 0 Å². The average molecular weight is 505 g/mol. The standard InChI is InChI=1S/C17H27N7O3.HI/c1-4-25-13(2)16-20-15(27-22-16)11-19-17(18-3)24-8-6-23(7-9-24)12-14-5-10-26-21-14;/h5,10,13H,4,6-9,11-12H2,1-3H3,(H,18,19);1H. The van der Waals surface area contributed by atoms with E-state index < -0.39 is 0 Å². The van der Waals surface area contributed by atoms with Crippen molar-refractivity contribution >= 4 is 29.9 Å². The van der Waals surface area contributed by atoms with Crippen LogP contribution in [0, 0.1) is 0 Å². The van der Waals surface area contributed by atoms with Crippen molar-refractivity contribution in [3.05, 3.63) is 29.7 Å². The number of rotatable bonds is 7. The van der Waals surface area contributed by atoms with Gasteiger partial charge in [0.25, 0.3) is 0 Å². The summed E-state index contributed by atoms with van der Waals surface area (Å²) in [6.45, 7) is 9.32. The van der Waals surface area contributed by atoms with Crippen LogP contribution in [0.4, 0.5) is 0 Å². The number of nitrogens with zero attached hydrogens (tertiary/aromatic N) is 6. The summed E-state index contributed by atoms with van der Waals surface area (Å²) in [6, 6.07) is 1.90. The molecule has 11 heteroatoms. The van der Waals surface area contributed by atoms with E-state index in [0.717, 1.165) is 44.4 Å². The van der Waals surface area contributed by atoms with Gasteiger partial charge in [-0.2, -0.15) is 4.98 Å². The predicted molar refractivity (Wildman–Crippen MR) is 113 cm³/mol. The van der Waals surface area contributed by atoms with Crippen molar-refractivity contribution in [2.75, 3.05) is 39.8 Å². The molecule has 28 heavy (non-hydrogen) atoms. The number of nitrogens with one attached hydrogen (secondary N) is 1. The first-order valence-electron chi connectivity index (χ1n) is 9.21. The Bertz CT molecular complexity index is 714. The second-order valence-corrected chi connectivity index (χ2v) is 6.30. The van der Waals surface area contributed by atoms with E-state index in [1.807, 2.05) is 19.9 Å². The predicted octanol–water partition coefficient (Wildman–Crippen LogP) is 1.67. The number of aliphatic imine (C=N–C) groups is 1. The molecule has 2 aromatic rings. The van der Waals surface area contributed by atoms with Crippen LogP contribution in [-0.4, -0.2) is 70.9 Å². The van der Waals surface area contributed by atoms with Gasteiger partial charge in [-0.3, -0.25) is 9.89 Å². The molecule has 0 bridgehead atoms. The normalized spacial score (nSPS) is 16.7. The SMILES string of the molecule is CCOC(C)c1noc(CNC(=NC)N2CCN(Cc3ccon3)CC2)n1.I. The van der Waals surface area contributed by atoms with Gasteiger partial charge in [-0.1, -0.05) is 10.3 Å². The smallest absolute Gasteiger partial charge is 0.246 e. The van der Waals surface area contributed by atoms with Crippen molar-refractivity contribution in [1.29, 1.82) is 0 Å². The Kier molecular flexibility index (Phi) is 9.12. The molecule has 0 saturated carbocycles. The molecule has 1 saturated heterocycles. The first-order chi connectivity index (χ1) is 13.2. The maximum absolute atomic E-state index is 5.48. The second kappa shape index (κ2) is 11.3. The highest BCUT2D eigenvalue weighted by Crippen LogP contribution is 2.13. The summed E-state index contributed by atoms with van der Waals surface area (Å²) in [5.74, 6) is 1.90. The number of hydrogen-bond acceptors (Lipinski definition) is 8. The molecule has 10 nitrogen and oxygen atoms in total. The molecule has 0 aliphatic carbocycles. The molecule has 1 aliphatic rings. The lowest BCUT2D eigenvalue weighted by Crippen LogP contribution is -2.52. The van der Waals surface area contributed by atoms with E-state index in [4.69, 9.17) is 13.8 Å². The van der Waals surface area contributed by atoms with Crippen molar-refractivity contribution in [2.45, 2.75) is 33.0 Å². The molecule has 1 atom stereocenters. The van der Waals surface area contributed by atoms with Crippen molar-refractivity contribution in [1.82, 2.24) is 30.4 Å². The Hall–Kier alpha value is -1.73. The summed E-state index contributed by atoms with van der Waals surface area (Å²) in [6.07, 6.45) is 1.43. The van der Waals surface area contributed by atoms with Crippen LogP contribution in [0.25, 0.3) is 0 Å².